The quantitative estimate of drug-likeness (QED) is 0.630. The first-order valence-corrected chi connectivity index (χ1v) is 3.41. The van der Waals surface area contributed by atoms with Crippen molar-refractivity contribution in [1.82, 2.24) is 15.0 Å². The summed E-state index contributed by atoms with van der Waals surface area (Å²) in [5, 5.41) is 7.08. The molecule has 59 valence electrons. The number of halogens is 1. The molecule has 0 spiro atoms. The predicted molar refractivity (Wildman–Crippen MR) is 40.2 cm³/mol. The number of rotatable bonds is 1. The number of nitrogens with zero attached hydrogens (tertiary/aromatic N) is 3. The van der Waals surface area contributed by atoms with E-state index in [0.29, 0.717) is 5.69 Å². The maximum atomic E-state index is 13.1. The highest BCUT2D eigenvalue weighted by Gasteiger charge is 2.01. The highest BCUT2D eigenvalue weighted by molar-refractivity contribution is 5.31. The molecule has 0 unspecified atom stereocenters. The Hall–Kier alpha value is -1.71. The second-order valence-electron chi connectivity index (χ2n) is 2.24. The summed E-state index contributed by atoms with van der Waals surface area (Å²) < 4.78 is 14.4. The molecule has 0 fully saturated rings. The van der Waals surface area contributed by atoms with Crippen molar-refractivity contribution in [3.63, 3.8) is 0 Å². The van der Waals surface area contributed by atoms with E-state index in [2.05, 4.69) is 16.5 Å². The van der Waals surface area contributed by atoms with E-state index in [1.807, 2.05) is 0 Å². The van der Waals surface area contributed by atoms with Gasteiger partial charge in [-0.25, -0.2) is 9.07 Å². The SMILES string of the molecule is Fc1ccccc1-n1c[c]nn1. The third-order valence-corrected chi connectivity index (χ3v) is 1.48. The molecule has 3 nitrogen and oxygen atoms in total. The lowest BCUT2D eigenvalue weighted by Crippen LogP contribution is -1.97. The molecule has 2 aromatic rings. The van der Waals surface area contributed by atoms with Gasteiger partial charge in [-0.15, -0.1) is 5.10 Å². The van der Waals surface area contributed by atoms with Crippen molar-refractivity contribution < 1.29 is 4.39 Å². The first-order valence-electron chi connectivity index (χ1n) is 3.41. The Morgan fingerprint density at radius 3 is 2.83 bits per heavy atom. The molecule has 0 atom stereocenters. The molecular weight excluding hydrogens is 157 g/mol. The minimum Gasteiger partial charge on any atom is -0.217 e. The molecule has 0 aliphatic heterocycles. The van der Waals surface area contributed by atoms with Gasteiger partial charge in [-0.3, -0.25) is 0 Å². The van der Waals surface area contributed by atoms with Crippen molar-refractivity contribution in [3.8, 4) is 5.69 Å². The van der Waals surface area contributed by atoms with Crippen LogP contribution in [0.4, 0.5) is 4.39 Å². The van der Waals surface area contributed by atoms with Gasteiger partial charge in [0.2, 0.25) is 0 Å². The monoisotopic (exact) mass is 162 g/mol. The molecule has 0 N–H and O–H groups in total. The number of benzene rings is 1. The van der Waals surface area contributed by atoms with E-state index in [9.17, 15) is 4.39 Å². The van der Waals surface area contributed by atoms with Crippen molar-refractivity contribution in [2.24, 2.45) is 0 Å². The van der Waals surface area contributed by atoms with Crippen molar-refractivity contribution in [3.05, 3.63) is 42.5 Å². The number of hydrogen-bond donors (Lipinski definition) is 0. The van der Waals surface area contributed by atoms with Gasteiger partial charge in [0.1, 0.15) is 17.7 Å². The van der Waals surface area contributed by atoms with E-state index in [1.54, 1.807) is 18.2 Å². The van der Waals surface area contributed by atoms with Crippen LogP contribution in [0.25, 0.3) is 5.69 Å². The van der Waals surface area contributed by atoms with E-state index in [-0.39, 0.29) is 5.82 Å². The predicted octanol–water partition coefficient (Wildman–Crippen LogP) is 1.21. The van der Waals surface area contributed by atoms with Crippen LogP contribution in [-0.4, -0.2) is 15.0 Å². The normalized spacial score (nSPS) is 10.1. The Kier molecular flexibility index (Phi) is 1.59. The van der Waals surface area contributed by atoms with Crippen LogP contribution in [0.3, 0.4) is 0 Å². The van der Waals surface area contributed by atoms with Gasteiger partial charge in [-0.2, -0.15) is 0 Å². The summed E-state index contributed by atoms with van der Waals surface area (Å²) >= 11 is 0. The number of aromatic nitrogens is 3. The fourth-order valence-corrected chi connectivity index (χ4v) is 0.936. The highest BCUT2D eigenvalue weighted by Crippen LogP contribution is 2.09. The van der Waals surface area contributed by atoms with Crippen LogP contribution in [-0.2, 0) is 0 Å². The molecule has 1 aromatic heterocycles. The van der Waals surface area contributed by atoms with E-state index in [1.165, 1.54) is 16.9 Å². The van der Waals surface area contributed by atoms with Gasteiger partial charge in [0.15, 0.2) is 0 Å². The van der Waals surface area contributed by atoms with Crippen LogP contribution in [0.1, 0.15) is 0 Å². The van der Waals surface area contributed by atoms with Gasteiger partial charge in [-0.1, -0.05) is 17.3 Å². The third-order valence-electron chi connectivity index (χ3n) is 1.48. The summed E-state index contributed by atoms with van der Waals surface area (Å²) in [5.74, 6) is -0.323. The third kappa shape index (κ3) is 1.07. The van der Waals surface area contributed by atoms with E-state index in [0.717, 1.165) is 0 Å². The van der Waals surface area contributed by atoms with Crippen molar-refractivity contribution in [2.75, 3.05) is 0 Å². The molecule has 4 heteroatoms. The lowest BCUT2D eigenvalue weighted by Gasteiger charge is -1.99. The molecule has 0 aliphatic rings. The van der Waals surface area contributed by atoms with Crippen LogP contribution in [0.5, 0.6) is 0 Å². The standard InChI is InChI=1S/C8H5FN3/c9-7-3-1-2-4-8(7)12-6-5-10-11-12/h1-4,6H. The molecule has 0 amide bonds. The summed E-state index contributed by atoms with van der Waals surface area (Å²) in [4.78, 5) is 0. The molecule has 1 heterocycles. The van der Waals surface area contributed by atoms with E-state index in [4.69, 9.17) is 0 Å². The summed E-state index contributed by atoms with van der Waals surface area (Å²) in [5.41, 5.74) is 0.381. The Morgan fingerprint density at radius 1 is 1.33 bits per heavy atom. The van der Waals surface area contributed by atoms with Crippen molar-refractivity contribution in [1.29, 1.82) is 0 Å². The zero-order chi connectivity index (χ0) is 8.39. The minimum absolute atomic E-state index is 0.323. The summed E-state index contributed by atoms with van der Waals surface area (Å²) in [6, 6.07) is 6.36. The van der Waals surface area contributed by atoms with Gasteiger partial charge in [0, 0.05) is 0 Å². The van der Waals surface area contributed by atoms with Gasteiger partial charge < -0.3 is 0 Å². The first-order chi connectivity index (χ1) is 5.88. The average Bonchev–Trinajstić information content (AvgIpc) is 2.57. The highest BCUT2D eigenvalue weighted by atomic mass is 19.1. The molecule has 1 aromatic carbocycles. The summed E-state index contributed by atoms with van der Waals surface area (Å²) in [6.07, 6.45) is 3.96. The number of para-hydroxylation sites is 1. The zero-order valence-electron chi connectivity index (χ0n) is 6.11. The Morgan fingerprint density at radius 2 is 2.17 bits per heavy atom. The van der Waals surface area contributed by atoms with Crippen LogP contribution >= 0.6 is 0 Å². The summed E-state index contributed by atoms with van der Waals surface area (Å²) in [6.45, 7) is 0. The Balaban J connectivity index is 2.55. The topological polar surface area (TPSA) is 30.7 Å². The smallest absolute Gasteiger partial charge is 0.148 e. The maximum absolute atomic E-state index is 13.1. The molecule has 12 heavy (non-hydrogen) atoms. The largest absolute Gasteiger partial charge is 0.217 e. The maximum Gasteiger partial charge on any atom is 0.148 e. The van der Waals surface area contributed by atoms with E-state index < -0.39 is 0 Å². The molecule has 0 saturated heterocycles. The fraction of sp³-hybridized carbons (Fsp3) is 0. The lowest BCUT2D eigenvalue weighted by molar-refractivity contribution is 0.607. The van der Waals surface area contributed by atoms with Crippen molar-refractivity contribution >= 4 is 0 Å². The lowest BCUT2D eigenvalue weighted by atomic mass is 10.3. The summed E-state index contributed by atoms with van der Waals surface area (Å²) in [7, 11) is 0. The molecule has 0 bridgehead atoms. The molecule has 1 radical (unpaired) electrons. The molecule has 0 saturated carbocycles. The second kappa shape index (κ2) is 2.73. The van der Waals surface area contributed by atoms with E-state index >= 15 is 0 Å². The zero-order valence-corrected chi connectivity index (χ0v) is 6.11. The average molecular weight is 162 g/mol. The van der Waals surface area contributed by atoms with Crippen LogP contribution in [0, 0.1) is 12.0 Å². The van der Waals surface area contributed by atoms with Crippen LogP contribution < -0.4 is 0 Å². The van der Waals surface area contributed by atoms with Gasteiger partial charge in [0.25, 0.3) is 0 Å². The minimum atomic E-state index is -0.323. The fourth-order valence-electron chi connectivity index (χ4n) is 0.936. The van der Waals surface area contributed by atoms with Crippen LogP contribution in [0.2, 0.25) is 0 Å². The second-order valence-corrected chi connectivity index (χ2v) is 2.24. The van der Waals surface area contributed by atoms with Gasteiger partial charge in [0.05, 0.1) is 6.20 Å². The number of hydrogen-bond acceptors (Lipinski definition) is 2. The molecular formula is C8H5FN3. The van der Waals surface area contributed by atoms with Crippen LogP contribution in [0.15, 0.2) is 30.5 Å². The molecule has 0 aliphatic carbocycles. The Labute approximate surface area is 68.4 Å². The molecule has 2 rings (SSSR count). The first kappa shape index (κ1) is 6.97. The van der Waals surface area contributed by atoms with Gasteiger partial charge >= 0.3 is 0 Å². The Bertz CT molecular complexity index is 370. The van der Waals surface area contributed by atoms with Crippen molar-refractivity contribution in [2.45, 2.75) is 0 Å². The van der Waals surface area contributed by atoms with Gasteiger partial charge in [-0.05, 0) is 12.1 Å².